The zero-order valence-corrected chi connectivity index (χ0v) is 20.3. The van der Waals surface area contributed by atoms with Crippen molar-refractivity contribution in [2.75, 3.05) is 83.2 Å². The van der Waals surface area contributed by atoms with Crippen LogP contribution < -0.4 is 25.2 Å². The van der Waals surface area contributed by atoms with Gasteiger partial charge in [0.05, 0.1) is 39.2 Å². The third kappa shape index (κ3) is 6.14. The Labute approximate surface area is 206 Å². The normalized spacial score (nSPS) is 18.4. The van der Waals surface area contributed by atoms with Gasteiger partial charge in [-0.2, -0.15) is 9.97 Å². The molecule has 35 heavy (non-hydrogen) atoms. The van der Waals surface area contributed by atoms with Crippen LogP contribution >= 0.6 is 0 Å². The van der Waals surface area contributed by atoms with Crippen molar-refractivity contribution in [3.8, 4) is 11.8 Å². The van der Waals surface area contributed by atoms with E-state index >= 15 is 0 Å². The number of nitrogens with one attached hydrogen (secondary N) is 2. The number of morpholine rings is 2. The van der Waals surface area contributed by atoms with Crippen molar-refractivity contribution in [1.29, 1.82) is 0 Å². The van der Waals surface area contributed by atoms with Crippen LogP contribution in [0.25, 0.3) is 5.70 Å². The molecule has 0 unspecified atom stereocenters. The number of allylic oxidation sites excluding steroid dienone is 1. The van der Waals surface area contributed by atoms with E-state index in [1.165, 1.54) is 5.56 Å². The first kappa shape index (κ1) is 23.7. The number of aromatic nitrogens is 2. The number of anilines is 2. The van der Waals surface area contributed by atoms with Crippen LogP contribution in [0, 0.1) is 0 Å². The molecule has 2 aliphatic heterocycles. The Morgan fingerprint density at radius 3 is 2.57 bits per heavy atom. The van der Waals surface area contributed by atoms with Crippen molar-refractivity contribution in [3.05, 3.63) is 41.5 Å². The van der Waals surface area contributed by atoms with E-state index in [-0.39, 0.29) is 0 Å². The molecule has 0 bridgehead atoms. The average Bonchev–Trinajstić information content (AvgIpc) is 2.92. The van der Waals surface area contributed by atoms with Crippen molar-refractivity contribution in [2.24, 2.45) is 0 Å². The molecule has 10 nitrogen and oxygen atoms in total. The maximum atomic E-state index is 6.00. The third-order valence-electron chi connectivity index (χ3n) is 6.46. The molecule has 5 rings (SSSR count). The second-order valence-electron chi connectivity index (χ2n) is 8.73. The fourth-order valence-corrected chi connectivity index (χ4v) is 4.49. The fourth-order valence-electron chi connectivity index (χ4n) is 4.49. The van der Waals surface area contributed by atoms with Crippen LogP contribution in [0.1, 0.15) is 17.5 Å². The summed E-state index contributed by atoms with van der Waals surface area (Å²) in [7, 11) is 1.70. The Bertz CT molecular complexity index is 1020. The van der Waals surface area contributed by atoms with E-state index in [2.05, 4.69) is 48.8 Å². The predicted molar refractivity (Wildman–Crippen MR) is 134 cm³/mol. The highest BCUT2D eigenvalue weighted by molar-refractivity contribution is 5.70. The summed E-state index contributed by atoms with van der Waals surface area (Å²) in [6.45, 7) is 7.70. The maximum Gasteiger partial charge on any atom is 0.320 e. The highest BCUT2D eigenvalue weighted by atomic mass is 16.5. The lowest BCUT2D eigenvalue weighted by molar-refractivity contribution is 0.0317. The molecule has 3 heterocycles. The molecule has 2 aromatic rings. The molecule has 2 N–H and O–H groups in total. The maximum absolute atomic E-state index is 6.00. The summed E-state index contributed by atoms with van der Waals surface area (Å²) in [6, 6.07) is 8.50. The number of hydrazine groups is 1. The number of ether oxygens (including phenoxy) is 4. The Kier molecular flexibility index (Phi) is 7.82. The first-order valence-electron chi connectivity index (χ1n) is 12.3. The average molecular weight is 483 g/mol. The van der Waals surface area contributed by atoms with Gasteiger partial charge < -0.3 is 23.8 Å². The smallest absolute Gasteiger partial charge is 0.320 e. The Morgan fingerprint density at radius 2 is 1.77 bits per heavy atom. The van der Waals surface area contributed by atoms with E-state index in [9.17, 15) is 0 Å². The number of nitrogens with zero attached hydrogens (tertiary/aromatic N) is 4. The molecule has 2 fully saturated rings. The van der Waals surface area contributed by atoms with Gasteiger partial charge in [-0.3, -0.25) is 15.8 Å². The second-order valence-corrected chi connectivity index (χ2v) is 8.73. The van der Waals surface area contributed by atoms with Gasteiger partial charge in [-0.25, -0.2) is 0 Å². The summed E-state index contributed by atoms with van der Waals surface area (Å²) in [5, 5.41) is 0. The van der Waals surface area contributed by atoms with Gasteiger partial charge in [-0.1, -0.05) is 6.08 Å². The van der Waals surface area contributed by atoms with Crippen LogP contribution in [0.15, 0.2) is 30.3 Å². The van der Waals surface area contributed by atoms with Crippen LogP contribution in [-0.2, 0) is 15.9 Å². The van der Waals surface area contributed by atoms with E-state index in [1.54, 1.807) is 7.11 Å². The third-order valence-corrected chi connectivity index (χ3v) is 6.46. The minimum absolute atomic E-state index is 0.370. The molecule has 1 aromatic heterocycles. The van der Waals surface area contributed by atoms with Gasteiger partial charge in [0.2, 0.25) is 0 Å². The lowest BCUT2D eigenvalue weighted by Gasteiger charge is -2.28. The standard InChI is InChI=1S/C25H34N6O4/c1-32-20-5-6-21-19(17-20)3-2-4-22(21)28-29-23-18-24(31-10-14-34-15-11-31)27-25(26-23)35-16-9-30-7-12-33-13-8-30/h4-6,17-18,28H,2-3,7-16H2,1H3,(H,26,27,29). The van der Waals surface area contributed by atoms with Crippen LogP contribution in [-0.4, -0.2) is 87.7 Å². The van der Waals surface area contributed by atoms with Gasteiger partial charge in [0.1, 0.15) is 18.2 Å². The van der Waals surface area contributed by atoms with Crippen LogP contribution in [0.4, 0.5) is 11.6 Å². The quantitative estimate of drug-likeness (QED) is 0.517. The monoisotopic (exact) mass is 482 g/mol. The molecule has 0 atom stereocenters. The minimum Gasteiger partial charge on any atom is -0.497 e. The van der Waals surface area contributed by atoms with Gasteiger partial charge in [-0.05, 0) is 36.6 Å². The Balaban J connectivity index is 1.28. The predicted octanol–water partition coefficient (Wildman–Crippen LogP) is 1.94. The van der Waals surface area contributed by atoms with Crippen LogP contribution in [0.3, 0.4) is 0 Å². The van der Waals surface area contributed by atoms with Gasteiger partial charge >= 0.3 is 6.01 Å². The molecule has 1 aliphatic carbocycles. The summed E-state index contributed by atoms with van der Waals surface area (Å²) in [5.41, 5.74) is 10.1. The summed E-state index contributed by atoms with van der Waals surface area (Å²) >= 11 is 0. The van der Waals surface area contributed by atoms with Crippen LogP contribution in [0.2, 0.25) is 0 Å². The van der Waals surface area contributed by atoms with Crippen LogP contribution in [0.5, 0.6) is 11.8 Å². The molecular weight excluding hydrogens is 448 g/mol. The summed E-state index contributed by atoms with van der Waals surface area (Å²) < 4.78 is 22.3. The number of fused-ring (bicyclic) bond motifs is 1. The van der Waals surface area contributed by atoms with Gasteiger partial charge in [0.15, 0.2) is 5.82 Å². The van der Waals surface area contributed by atoms with Crippen molar-refractivity contribution in [3.63, 3.8) is 0 Å². The molecule has 3 aliphatic rings. The summed E-state index contributed by atoms with van der Waals surface area (Å²) in [6.07, 6.45) is 4.15. The topological polar surface area (TPSA) is 93.2 Å². The number of aryl methyl sites for hydroxylation is 1. The van der Waals surface area contributed by atoms with Crippen molar-refractivity contribution in [2.45, 2.75) is 12.8 Å². The fraction of sp³-hybridized carbons (Fsp3) is 0.520. The van der Waals surface area contributed by atoms with Crippen molar-refractivity contribution in [1.82, 2.24) is 20.3 Å². The number of methoxy groups -OCH3 is 1. The SMILES string of the molecule is COc1ccc2c(c1)CCC=C2NNc1cc(N2CCOCC2)nc(OCCN2CCOCC2)n1. The highest BCUT2D eigenvalue weighted by Gasteiger charge is 2.18. The van der Waals surface area contributed by atoms with E-state index in [4.69, 9.17) is 18.9 Å². The lowest BCUT2D eigenvalue weighted by atomic mass is 9.95. The molecular formula is C25H34N6O4. The molecule has 2 saturated heterocycles. The van der Waals surface area contributed by atoms with E-state index in [0.29, 0.717) is 31.6 Å². The molecule has 10 heteroatoms. The molecule has 1 aromatic carbocycles. The molecule has 0 amide bonds. The molecule has 0 saturated carbocycles. The first-order valence-corrected chi connectivity index (χ1v) is 12.3. The van der Waals surface area contributed by atoms with Crippen molar-refractivity contribution >= 4 is 17.3 Å². The first-order chi connectivity index (χ1) is 17.3. The Hall–Kier alpha value is -3.08. The zero-order valence-electron chi connectivity index (χ0n) is 20.3. The lowest BCUT2D eigenvalue weighted by Crippen LogP contribution is -2.39. The largest absolute Gasteiger partial charge is 0.497 e. The number of hydrogen-bond donors (Lipinski definition) is 2. The van der Waals surface area contributed by atoms with E-state index in [0.717, 1.165) is 81.6 Å². The molecule has 0 radical (unpaired) electrons. The second kappa shape index (κ2) is 11.6. The highest BCUT2D eigenvalue weighted by Crippen LogP contribution is 2.28. The van der Waals surface area contributed by atoms with E-state index in [1.807, 2.05) is 12.1 Å². The molecule has 188 valence electrons. The number of hydrogen-bond acceptors (Lipinski definition) is 10. The van der Waals surface area contributed by atoms with Gasteiger partial charge in [-0.15, -0.1) is 0 Å². The Morgan fingerprint density at radius 1 is 0.971 bits per heavy atom. The summed E-state index contributed by atoms with van der Waals surface area (Å²) in [5.74, 6) is 2.36. The van der Waals surface area contributed by atoms with Gasteiger partial charge in [0, 0.05) is 44.4 Å². The van der Waals surface area contributed by atoms with E-state index < -0.39 is 0 Å². The number of benzene rings is 1. The minimum atomic E-state index is 0.370. The summed E-state index contributed by atoms with van der Waals surface area (Å²) in [4.78, 5) is 13.8. The zero-order chi connectivity index (χ0) is 23.9. The number of rotatable bonds is 9. The van der Waals surface area contributed by atoms with Crippen molar-refractivity contribution < 1.29 is 18.9 Å². The molecule has 0 spiro atoms. The van der Waals surface area contributed by atoms with Gasteiger partial charge in [0.25, 0.3) is 0 Å².